The largest absolute Gasteiger partial charge is 0.411 e. The number of nitrogens with zero attached hydrogens (tertiary/aromatic N) is 1. The second-order valence-corrected chi connectivity index (χ2v) is 2.65. The molecule has 0 amide bonds. The normalized spacial score (nSPS) is 11.7. The van der Waals surface area contributed by atoms with Crippen molar-refractivity contribution >= 4 is 17.3 Å². The summed E-state index contributed by atoms with van der Waals surface area (Å²) in [7, 11) is 0. The van der Waals surface area contributed by atoms with E-state index in [-0.39, 0.29) is 12.3 Å². The van der Waals surface area contributed by atoms with Crippen LogP contribution in [0.1, 0.15) is 5.56 Å². The predicted octanol–water partition coefficient (Wildman–Crippen LogP) is 1.51. The van der Waals surface area contributed by atoms with E-state index in [1.54, 1.807) is 24.3 Å². The number of benzene rings is 1. The highest BCUT2D eigenvalue weighted by Gasteiger charge is 2.01. The number of hydrogen-bond acceptors (Lipinski definition) is 3. The Morgan fingerprint density at radius 1 is 1.33 bits per heavy atom. The van der Waals surface area contributed by atoms with Crippen LogP contribution in [0.5, 0.6) is 0 Å². The van der Waals surface area contributed by atoms with Gasteiger partial charge in [0.15, 0.2) is 0 Å². The first-order valence-corrected chi connectivity index (χ1v) is 3.73. The van der Waals surface area contributed by atoms with Gasteiger partial charge in [0.25, 0.3) is 0 Å². The molecule has 0 aliphatic heterocycles. The molecule has 64 valence electrons. The molecule has 0 saturated carbocycles. The SMILES string of the molecule is OCC(=NO)c1ccc(Cl)cc1. The van der Waals surface area contributed by atoms with Crippen LogP contribution in [-0.4, -0.2) is 22.6 Å². The number of rotatable bonds is 2. The first-order valence-electron chi connectivity index (χ1n) is 3.35. The summed E-state index contributed by atoms with van der Waals surface area (Å²) in [6.07, 6.45) is 0. The number of aliphatic hydroxyl groups excluding tert-OH is 1. The average molecular weight is 186 g/mol. The van der Waals surface area contributed by atoms with Gasteiger partial charge in [0, 0.05) is 10.6 Å². The zero-order valence-corrected chi connectivity index (χ0v) is 6.99. The van der Waals surface area contributed by atoms with E-state index >= 15 is 0 Å². The highest BCUT2D eigenvalue weighted by molar-refractivity contribution is 6.30. The molecule has 1 aromatic rings. The lowest BCUT2D eigenvalue weighted by atomic mass is 10.1. The van der Waals surface area contributed by atoms with E-state index in [1.807, 2.05) is 0 Å². The van der Waals surface area contributed by atoms with Crippen LogP contribution in [-0.2, 0) is 0 Å². The summed E-state index contributed by atoms with van der Waals surface area (Å²) in [4.78, 5) is 0. The van der Waals surface area contributed by atoms with Crippen molar-refractivity contribution in [3.8, 4) is 0 Å². The number of halogens is 1. The highest BCUT2D eigenvalue weighted by atomic mass is 35.5. The monoisotopic (exact) mass is 185 g/mol. The van der Waals surface area contributed by atoms with Crippen molar-refractivity contribution in [1.29, 1.82) is 0 Å². The molecule has 3 nitrogen and oxygen atoms in total. The molecule has 0 aliphatic rings. The molecular weight excluding hydrogens is 178 g/mol. The molecule has 0 bridgehead atoms. The summed E-state index contributed by atoms with van der Waals surface area (Å²) in [5.41, 5.74) is 0.885. The zero-order valence-electron chi connectivity index (χ0n) is 6.24. The van der Waals surface area contributed by atoms with Gasteiger partial charge in [-0.3, -0.25) is 0 Å². The number of oxime groups is 1. The molecule has 4 heteroatoms. The maximum Gasteiger partial charge on any atom is 0.112 e. The standard InChI is InChI=1S/C8H8ClNO2/c9-7-3-1-6(2-4-7)8(5-11)10-12/h1-4,11-12H,5H2. The second kappa shape index (κ2) is 4.09. The van der Waals surface area contributed by atoms with Gasteiger partial charge in [-0.2, -0.15) is 0 Å². The minimum absolute atomic E-state index is 0.228. The van der Waals surface area contributed by atoms with E-state index in [0.717, 1.165) is 0 Å². The van der Waals surface area contributed by atoms with Crippen molar-refractivity contribution in [3.63, 3.8) is 0 Å². The van der Waals surface area contributed by atoms with Gasteiger partial charge >= 0.3 is 0 Å². The van der Waals surface area contributed by atoms with Crippen LogP contribution in [0.15, 0.2) is 29.4 Å². The summed E-state index contributed by atoms with van der Waals surface area (Å²) in [5.74, 6) is 0. The van der Waals surface area contributed by atoms with E-state index in [9.17, 15) is 0 Å². The molecule has 0 heterocycles. The van der Waals surface area contributed by atoms with Crippen molar-refractivity contribution in [2.45, 2.75) is 0 Å². The van der Waals surface area contributed by atoms with Gasteiger partial charge in [0.1, 0.15) is 5.71 Å². The predicted molar refractivity (Wildman–Crippen MR) is 46.9 cm³/mol. The fourth-order valence-electron chi connectivity index (χ4n) is 0.823. The molecule has 0 atom stereocenters. The average Bonchev–Trinajstić information content (AvgIpc) is 2.10. The summed E-state index contributed by atoms with van der Waals surface area (Å²) in [6.45, 7) is -0.294. The molecule has 0 fully saturated rings. The second-order valence-electron chi connectivity index (χ2n) is 2.21. The summed E-state index contributed by atoms with van der Waals surface area (Å²) >= 11 is 5.64. The lowest BCUT2D eigenvalue weighted by Crippen LogP contribution is -2.05. The van der Waals surface area contributed by atoms with Crippen LogP contribution in [0, 0.1) is 0 Å². The molecule has 2 N–H and O–H groups in total. The van der Waals surface area contributed by atoms with Crippen LogP contribution in [0.25, 0.3) is 0 Å². The highest BCUT2D eigenvalue weighted by Crippen LogP contribution is 2.09. The summed E-state index contributed by atoms with van der Waals surface area (Å²) in [6, 6.07) is 6.68. The van der Waals surface area contributed by atoms with Crippen molar-refractivity contribution < 1.29 is 10.3 Å². The number of hydrogen-bond donors (Lipinski definition) is 2. The van der Waals surface area contributed by atoms with E-state index in [0.29, 0.717) is 10.6 Å². The van der Waals surface area contributed by atoms with Crippen molar-refractivity contribution in [2.75, 3.05) is 6.61 Å². The van der Waals surface area contributed by atoms with Crippen molar-refractivity contribution in [2.24, 2.45) is 5.16 Å². The third-order valence-corrected chi connectivity index (χ3v) is 1.70. The maximum atomic E-state index is 8.72. The van der Waals surface area contributed by atoms with Crippen LogP contribution < -0.4 is 0 Å². The van der Waals surface area contributed by atoms with Crippen LogP contribution >= 0.6 is 11.6 Å². The fraction of sp³-hybridized carbons (Fsp3) is 0.125. The van der Waals surface area contributed by atoms with Gasteiger partial charge in [-0.05, 0) is 12.1 Å². The van der Waals surface area contributed by atoms with Gasteiger partial charge in [-0.1, -0.05) is 28.9 Å². The maximum absolute atomic E-state index is 8.72. The zero-order chi connectivity index (χ0) is 8.97. The van der Waals surface area contributed by atoms with E-state index in [2.05, 4.69) is 5.16 Å². The Balaban J connectivity index is 2.96. The van der Waals surface area contributed by atoms with Gasteiger partial charge < -0.3 is 10.3 Å². The Labute approximate surface area is 74.9 Å². The Morgan fingerprint density at radius 2 is 1.92 bits per heavy atom. The Bertz CT molecular complexity index is 282. The molecule has 1 aromatic carbocycles. The molecule has 0 radical (unpaired) electrons. The molecule has 1 rings (SSSR count). The van der Waals surface area contributed by atoms with E-state index in [1.165, 1.54) is 0 Å². The van der Waals surface area contributed by atoms with E-state index in [4.69, 9.17) is 21.9 Å². The van der Waals surface area contributed by atoms with Gasteiger partial charge in [-0.25, -0.2) is 0 Å². The third kappa shape index (κ3) is 1.96. The quantitative estimate of drug-likeness (QED) is 0.417. The lowest BCUT2D eigenvalue weighted by Gasteiger charge is -1.99. The van der Waals surface area contributed by atoms with Crippen molar-refractivity contribution in [1.82, 2.24) is 0 Å². The molecule has 12 heavy (non-hydrogen) atoms. The Morgan fingerprint density at radius 3 is 2.33 bits per heavy atom. The Kier molecular flexibility index (Phi) is 3.08. The molecule has 0 spiro atoms. The smallest absolute Gasteiger partial charge is 0.112 e. The molecule has 0 aliphatic carbocycles. The topological polar surface area (TPSA) is 52.8 Å². The van der Waals surface area contributed by atoms with Crippen molar-refractivity contribution in [3.05, 3.63) is 34.9 Å². The first-order chi connectivity index (χ1) is 5.77. The van der Waals surface area contributed by atoms with Gasteiger partial charge in [-0.15, -0.1) is 0 Å². The fourth-order valence-corrected chi connectivity index (χ4v) is 0.949. The molecule has 0 unspecified atom stereocenters. The Hall–Kier alpha value is -1.06. The summed E-state index contributed by atoms with van der Waals surface area (Å²) in [5, 5.41) is 20.7. The first kappa shape index (κ1) is 9.03. The van der Waals surface area contributed by atoms with E-state index < -0.39 is 0 Å². The molecular formula is C8H8ClNO2. The third-order valence-electron chi connectivity index (χ3n) is 1.45. The van der Waals surface area contributed by atoms with Crippen LogP contribution in [0.4, 0.5) is 0 Å². The lowest BCUT2D eigenvalue weighted by molar-refractivity contribution is 0.304. The van der Waals surface area contributed by atoms with Crippen LogP contribution in [0.2, 0.25) is 5.02 Å². The van der Waals surface area contributed by atoms with Crippen LogP contribution in [0.3, 0.4) is 0 Å². The minimum Gasteiger partial charge on any atom is -0.411 e. The van der Waals surface area contributed by atoms with Gasteiger partial charge in [0.05, 0.1) is 6.61 Å². The van der Waals surface area contributed by atoms with Gasteiger partial charge in [0.2, 0.25) is 0 Å². The summed E-state index contributed by atoms with van der Waals surface area (Å²) < 4.78 is 0. The minimum atomic E-state index is -0.294. The molecule has 0 saturated heterocycles. The molecule has 0 aromatic heterocycles. The number of aliphatic hydroxyl groups is 1.